The van der Waals surface area contributed by atoms with Crippen LogP contribution in [0.5, 0.6) is 5.75 Å². The number of rotatable bonds is 7. The van der Waals surface area contributed by atoms with Crippen LogP contribution in [0.15, 0.2) is 48.5 Å². The van der Waals surface area contributed by atoms with Crippen LogP contribution in [0.25, 0.3) is 0 Å². The topological polar surface area (TPSA) is 73.9 Å². The summed E-state index contributed by atoms with van der Waals surface area (Å²) in [5, 5.41) is 0. The van der Waals surface area contributed by atoms with Crippen LogP contribution in [-0.4, -0.2) is 32.5 Å². The molecule has 0 radical (unpaired) electrons. The fourth-order valence-electron chi connectivity index (χ4n) is 2.84. The summed E-state index contributed by atoms with van der Waals surface area (Å²) in [6, 6.07) is 15.0. The van der Waals surface area contributed by atoms with E-state index in [1.54, 1.807) is 25.1 Å². The Morgan fingerprint density at radius 2 is 1.62 bits per heavy atom. The number of benzene rings is 2. The third kappa shape index (κ3) is 4.94. The maximum Gasteiger partial charge on any atom is 0.494 e. The highest BCUT2D eigenvalue weighted by Gasteiger charge is 2.51. The Balaban J connectivity index is 1.90. The van der Waals surface area contributed by atoms with Crippen LogP contribution in [0.1, 0.15) is 40.2 Å². The van der Waals surface area contributed by atoms with E-state index in [2.05, 4.69) is 4.72 Å². The van der Waals surface area contributed by atoms with Crippen molar-refractivity contribution >= 4 is 28.3 Å². The van der Waals surface area contributed by atoms with E-state index in [1.807, 2.05) is 58.0 Å². The summed E-state index contributed by atoms with van der Waals surface area (Å²) in [6.45, 7) is 9.86. The summed E-state index contributed by atoms with van der Waals surface area (Å²) >= 11 is 0. The van der Waals surface area contributed by atoms with Gasteiger partial charge in [-0.2, -0.15) is 0 Å². The molecule has 8 heteroatoms. The average Bonchev–Trinajstić information content (AvgIpc) is 2.89. The van der Waals surface area contributed by atoms with Gasteiger partial charge in [0.1, 0.15) is 12.4 Å². The molecule has 0 spiro atoms. The molecular weight excluding hydrogens is 389 g/mol. The maximum absolute atomic E-state index is 12.1. The second kappa shape index (κ2) is 8.01. The van der Waals surface area contributed by atoms with Crippen LogP contribution < -0.4 is 14.9 Å². The Bertz CT molecular complexity index is 944. The van der Waals surface area contributed by atoms with Gasteiger partial charge < -0.3 is 14.0 Å². The van der Waals surface area contributed by atoms with Gasteiger partial charge in [0.25, 0.3) is 0 Å². The first-order chi connectivity index (χ1) is 13.5. The molecule has 1 aliphatic rings. The van der Waals surface area contributed by atoms with Gasteiger partial charge in [0.05, 0.1) is 22.6 Å². The van der Waals surface area contributed by atoms with Gasteiger partial charge in [0.15, 0.2) is 0 Å². The summed E-state index contributed by atoms with van der Waals surface area (Å²) < 4.78 is 45.0. The molecule has 6 nitrogen and oxygen atoms in total. The van der Waals surface area contributed by atoms with Gasteiger partial charge in [-0.3, -0.25) is 4.72 Å². The van der Waals surface area contributed by atoms with E-state index >= 15 is 0 Å². The summed E-state index contributed by atoms with van der Waals surface area (Å²) in [7, 11) is -4.00. The van der Waals surface area contributed by atoms with Crippen molar-refractivity contribution in [3.05, 3.63) is 54.1 Å². The molecule has 1 heterocycles. The van der Waals surface area contributed by atoms with Gasteiger partial charge in [0, 0.05) is 0 Å². The van der Waals surface area contributed by atoms with E-state index in [-0.39, 0.29) is 5.75 Å². The molecule has 0 unspecified atom stereocenters. The van der Waals surface area contributed by atoms with Gasteiger partial charge in [-0.15, -0.1) is 0 Å². The molecule has 0 amide bonds. The number of ether oxygens (including phenoxy) is 1. The maximum atomic E-state index is 12.1. The lowest BCUT2D eigenvalue weighted by Crippen LogP contribution is -2.41. The minimum absolute atomic E-state index is 0.0237. The summed E-state index contributed by atoms with van der Waals surface area (Å²) in [6.07, 6.45) is 0. The molecule has 3 rings (SSSR count). The Morgan fingerprint density at radius 3 is 2.21 bits per heavy atom. The monoisotopic (exact) mass is 417 g/mol. The van der Waals surface area contributed by atoms with Crippen molar-refractivity contribution in [3.8, 4) is 5.75 Å². The predicted molar refractivity (Wildman–Crippen MR) is 116 cm³/mol. The molecule has 0 aromatic heterocycles. The Kier molecular flexibility index (Phi) is 5.99. The van der Waals surface area contributed by atoms with Crippen LogP contribution in [0.4, 0.5) is 5.69 Å². The average molecular weight is 417 g/mol. The largest absolute Gasteiger partial charge is 0.494 e. The molecule has 29 heavy (non-hydrogen) atoms. The third-order valence-electron chi connectivity index (χ3n) is 5.41. The van der Waals surface area contributed by atoms with Crippen LogP contribution in [0, 0.1) is 0 Å². The zero-order valence-electron chi connectivity index (χ0n) is 17.6. The number of sulfonamides is 1. The molecule has 2 aromatic carbocycles. The van der Waals surface area contributed by atoms with E-state index in [0.717, 1.165) is 11.0 Å². The van der Waals surface area contributed by atoms with E-state index in [4.69, 9.17) is 14.0 Å². The van der Waals surface area contributed by atoms with Crippen LogP contribution >= 0.6 is 0 Å². The van der Waals surface area contributed by atoms with Crippen molar-refractivity contribution in [2.45, 2.75) is 52.4 Å². The molecule has 1 saturated heterocycles. The van der Waals surface area contributed by atoms with Crippen molar-refractivity contribution < 1.29 is 22.5 Å². The Morgan fingerprint density at radius 1 is 1.00 bits per heavy atom. The second-order valence-corrected chi connectivity index (χ2v) is 10.1. The lowest BCUT2D eigenvalue weighted by Gasteiger charge is -2.32. The first-order valence-electron chi connectivity index (χ1n) is 9.70. The fraction of sp³-hybridized carbons (Fsp3) is 0.429. The highest BCUT2D eigenvalue weighted by Crippen LogP contribution is 2.37. The molecule has 1 fully saturated rings. The molecule has 0 saturated carbocycles. The zero-order valence-corrected chi connectivity index (χ0v) is 18.4. The van der Waals surface area contributed by atoms with Crippen LogP contribution in [-0.2, 0) is 25.9 Å². The standard InChI is InChI=1S/C21H28BNO5S/c1-6-29(24,25)23-18-13-12-17(22-27-20(2,3)21(4,5)28-22)14-19(18)26-15-16-10-8-7-9-11-16/h7-14,23H,6,15H2,1-5H3. The van der Waals surface area contributed by atoms with E-state index in [0.29, 0.717) is 18.0 Å². The lowest BCUT2D eigenvalue weighted by atomic mass is 9.79. The van der Waals surface area contributed by atoms with Crippen LogP contribution in [0.2, 0.25) is 0 Å². The van der Waals surface area contributed by atoms with Gasteiger partial charge in [0.2, 0.25) is 10.0 Å². The lowest BCUT2D eigenvalue weighted by molar-refractivity contribution is 0.00578. The third-order valence-corrected chi connectivity index (χ3v) is 6.70. The zero-order chi connectivity index (χ0) is 21.3. The first kappa shape index (κ1) is 21.7. The molecule has 0 bridgehead atoms. The van der Waals surface area contributed by atoms with Crippen molar-refractivity contribution in [2.75, 3.05) is 10.5 Å². The highest BCUT2D eigenvalue weighted by molar-refractivity contribution is 7.92. The number of hydrogen-bond donors (Lipinski definition) is 1. The molecule has 1 N–H and O–H groups in total. The van der Waals surface area contributed by atoms with Crippen molar-refractivity contribution in [3.63, 3.8) is 0 Å². The normalized spacial score (nSPS) is 17.9. The van der Waals surface area contributed by atoms with Crippen molar-refractivity contribution in [1.82, 2.24) is 0 Å². The second-order valence-electron chi connectivity index (χ2n) is 8.12. The number of nitrogens with one attached hydrogen (secondary N) is 1. The van der Waals surface area contributed by atoms with Crippen LogP contribution in [0.3, 0.4) is 0 Å². The molecule has 0 aliphatic carbocycles. The summed E-state index contributed by atoms with van der Waals surface area (Å²) in [5.74, 6) is 0.405. The van der Waals surface area contributed by atoms with E-state index < -0.39 is 28.3 Å². The first-order valence-corrected chi connectivity index (χ1v) is 11.3. The SMILES string of the molecule is CCS(=O)(=O)Nc1ccc(B2OC(C)(C)C(C)(C)O2)cc1OCc1ccccc1. The van der Waals surface area contributed by atoms with Crippen molar-refractivity contribution in [1.29, 1.82) is 0 Å². The minimum Gasteiger partial charge on any atom is -0.487 e. The number of hydrogen-bond acceptors (Lipinski definition) is 5. The van der Waals surface area contributed by atoms with Gasteiger partial charge in [-0.1, -0.05) is 36.4 Å². The molecule has 0 atom stereocenters. The summed E-state index contributed by atoms with van der Waals surface area (Å²) in [5.41, 5.74) is 1.21. The number of anilines is 1. The smallest absolute Gasteiger partial charge is 0.487 e. The molecule has 1 aliphatic heterocycles. The van der Waals surface area contributed by atoms with E-state index in [1.165, 1.54) is 0 Å². The van der Waals surface area contributed by atoms with Crippen molar-refractivity contribution in [2.24, 2.45) is 0 Å². The predicted octanol–water partition coefficient (Wildman–Crippen LogP) is 3.33. The highest BCUT2D eigenvalue weighted by atomic mass is 32.2. The summed E-state index contributed by atoms with van der Waals surface area (Å²) in [4.78, 5) is 0. The Labute approximate surface area is 173 Å². The molecule has 156 valence electrons. The molecular formula is C21H28BNO5S. The molecule has 2 aromatic rings. The Hall–Kier alpha value is -2.03. The van der Waals surface area contributed by atoms with Gasteiger partial charge in [-0.25, -0.2) is 8.42 Å². The minimum atomic E-state index is -3.44. The quantitative estimate of drug-likeness (QED) is 0.700. The van der Waals surface area contributed by atoms with Gasteiger partial charge >= 0.3 is 7.12 Å². The van der Waals surface area contributed by atoms with Gasteiger partial charge in [-0.05, 0) is 57.8 Å². The fourth-order valence-corrected chi connectivity index (χ4v) is 3.49. The van der Waals surface area contributed by atoms with E-state index in [9.17, 15) is 8.42 Å².